The molecule has 0 bridgehead atoms. The maximum atomic E-state index is 4.09. The quantitative estimate of drug-likeness (QED) is 0.525. The van der Waals surface area contributed by atoms with Crippen LogP contribution >= 0.6 is 0 Å². The third kappa shape index (κ3) is 3.71. The summed E-state index contributed by atoms with van der Waals surface area (Å²) in [4.78, 5) is 0. The van der Waals surface area contributed by atoms with Gasteiger partial charge in [0.1, 0.15) is 0 Å². The summed E-state index contributed by atoms with van der Waals surface area (Å²) in [7, 11) is 0. The van der Waals surface area contributed by atoms with Crippen LogP contribution in [0, 0.1) is 18.3 Å². The Bertz CT molecular complexity index is 104. The first kappa shape index (κ1) is 9.74. The molecule has 0 saturated carbocycles. The van der Waals surface area contributed by atoms with Crippen molar-refractivity contribution in [2.75, 3.05) is 0 Å². The number of allylic oxidation sites excluding steroid dienone is 2. The van der Waals surface area contributed by atoms with Crippen LogP contribution in [0.3, 0.4) is 0 Å². The molecule has 0 aromatic rings. The molecule has 0 rings (SSSR count). The van der Waals surface area contributed by atoms with Gasteiger partial charge in [0.2, 0.25) is 0 Å². The van der Waals surface area contributed by atoms with Gasteiger partial charge in [-0.05, 0) is 31.6 Å². The highest BCUT2D eigenvalue weighted by atomic mass is 14.2. The smallest absolute Gasteiger partial charge is 0.0320 e. The van der Waals surface area contributed by atoms with Crippen molar-refractivity contribution >= 4 is 0 Å². The van der Waals surface area contributed by atoms with Gasteiger partial charge in [0.25, 0.3) is 0 Å². The number of hydrogen-bond acceptors (Lipinski definition) is 0. The summed E-state index contributed by atoms with van der Waals surface area (Å²) in [6.45, 7) is 12.8. The Labute approximate surface area is 65.3 Å². The van der Waals surface area contributed by atoms with E-state index in [1.165, 1.54) is 0 Å². The van der Waals surface area contributed by atoms with Crippen molar-refractivity contribution in [1.29, 1.82) is 0 Å². The fourth-order valence-electron chi connectivity index (χ4n) is 0.659. The maximum Gasteiger partial charge on any atom is -0.0320 e. The standard InChI is InChI=1S/C10H19/c1-6-7-8-9(2)10(3,4)5/h6-7,9H,3,8H2,1-2,4-5H3. The van der Waals surface area contributed by atoms with Crippen molar-refractivity contribution in [3.63, 3.8) is 0 Å². The maximum absolute atomic E-state index is 4.09. The van der Waals surface area contributed by atoms with Gasteiger partial charge in [-0.3, -0.25) is 0 Å². The Hall–Kier alpha value is -0.260. The third-order valence-electron chi connectivity index (χ3n) is 2.06. The Morgan fingerprint density at radius 3 is 2.30 bits per heavy atom. The average molecular weight is 139 g/mol. The zero-order valence-corrected chi connectivity index (χ0v) is 7.65. The molecule has 1 atom stereocenters. The molecule has 0 aliphatic heterocycles. The van der Waals surface area contributed by atoms with Crippen LogP contribution in [0.4, 0.5) is 0 Å². The van der Waals surface area contributed by atoms with Crippen LogP contribution in [0.15, 0.2) is 12.2 Å². The number of rotatable bonds is 3. The first-order chi connectivity index (χ1) is 4.48. The SMILES string of the molecule is [CH2]C(C)(C)C(C)CC=CC. The minimum Gasteiger partial charge on any atom is -0.0917 e. The van der Waals surface area contributed by atoms with E-state index in [2.05, 4.69) is 46.8 Å². The van der Waals surface area contributed by atoms with E-state index in [-0.39, 0.29) is 5.41 Å². The fraction of sp³-hybridized carbons (Fsp3) is 0.700. The molecule has 0 nitrogen and oxygen atoms in total. The van der Waals surface area contributed by atoms with Crippen molar-refractivity contribution in [2.24, 2.45) is 11.3 Å². The average Bonchev–Trinajstić information content (AvgIpc) is 1.80. The van der Waals surface area contributed by atoms with Crippen molar-refractivity contribution in [3.8, 4) is 0 Å². The fourth-order valence-corrected chi connectivity index (χ4v) is 0.659. The van der Waals surface area contributed by atoms with E-state index in [1.54, 1.807) is 0 Å². The molecule has 0 heterocycles. The zero-order valence-electron chi connectivity index (χ0n) is 7.65. The molecule has 1 radical (unpaired) electrons. The van der Waals surface area contributed by atoms with E-state index in [0.29, 0.717) is 5.92 Å². The van der Waals surface area contributed by atoms with Crippen LogP contribution in [-0.2, 0) is 0 Å². The molecule has 1 unspecified atom stereocenters. The van der Waals surface area contributed by atoms with Crippen molar-refractivity contribution in [2.45, 2.75) is 34.1 Å². The lowest BCUT2D eigenvalue weighted by atomic mass is 9.80. The van der Waals surface area contributed by atoms with E-state index >= 15 is 0 Å². The minimum absolute atomic E-state index is 0.208. The summed E-state index contributed by atoms with van der Waals surface area (Å²) in [6.07, 6.45) is 5.45. The highest BCUT2D eigenvalue weighted by Crippen LogP contribution is 2.27. The molecule has 0 amide bonds. The van der Waals surface area contributed by atoms with Gasteiger partial charge in [0, 0.05) is 0 Å². The van der Waals surface area contributed by atoms with Gasteiger partial charge >= 0.3 is 0 Å². The second kappa shape index (κ2) is 3.80. The van der Waals surface area contributed by atoms with Crippen LogP contribution < -0.4 is 0 Å². The van der Waals surface area contributed by atoms with Crippen LogP contribution in [0.5, 0.6) is 0 Å². The molecule has 0 N–H and O–H groups in total. The molecule has 0 aliphatic carbocycles. The van der Waals surface area contributed by atoms with Crippen molar-refractivity contribution in [1.82, 2.24) is 0 Å². The Kier molecular flexibility index (Phi) is 3.70. The van der Waals surface area contributed by atoms with E-state index in [1.807, 2.05) is 0 Å². The Morgan fingerprint density at radius 2 is 2.00 bits per heavy atom. The lowest BCUT2D eigenvalue weighted by molar-refractivity contribution is 0.306. The molecular formula is C10H19. The van der Waals surface area contributed by atoms with Crippen LogP contribution in [0.1, 0.15) is 34.1 Å². The highest BCUT2D eigenvalue weighted by molar-refractivity contribution is 4.86. The predicted octanol–water partition coefficient (Wildman–Crippen LogP) is 3.45. The van der Waals surface area contributed by atoms with Crippen LogP contribution in [-0.4, -0.2) is 0 Å². The molecule has 0 aromatic heterocycles. The zero-order chi connectivity index (χ0) is 8.20. The summed E-state index contributed by atoms with van der Waals surface area (Å²) in [5.41, 5.74) is 0.208. The largest absolute Gasteiger partial charge is 0.0917 e. The van der Waals surface area contributed by atoms with E-state index in [0.717, 1.165) is 6.42 Å². The Balaban J connectivity index is 3.73. The van der Waals surface area contributed by atoms with Crippen molar-refractivity contribution in [3.05, 3.63) is 19.1 Å². The van der Waals surface area contributed by atoms with Crippen LogP contribution in [0.2, 0.25) is 0 Å². The van der Waals surface area contributed by atoms with Gasteiger partial charge in [0.15, 0.2) is 0 Å². The molecule has 59 valence electrons. The normalized spacial score (nSPS) is 16.1. The molecular weight excluding hydrogens is 120 g/mol. The van der Waals surface area contributed by atoms with Gasteiger partial charge in [0.05, 0.1) is 0 Å². The monoisotopic (exact) mass is 139 g/mol. The Morgan fingerprint density at radius 1 is 1.50 bits per heavy atom. The first-order valence-electron chi connectivity index (χ1n) is 3.95. The van der Waals surface area contributed by atoms with Gasteiger partial charge < -0.3 is 0 Å². The third-order valence-corrected chi connectivity index (χ3v) is 2.06. The summed E-state index contributed by atoms with van der Waals surface area (Å²) >= 11 is 0. The first-order valence-corrected chi connectivity index (χ1v) is 3.95. The lowest BCUT2D eigenvalue weighted by Gasteiger charge is -2.25. The minimum atomic E-state index is 0.208. The molecule has 0 aliphatic rings. The summed E-state index contributed by atoms with van der Waals surface area (Å²) in [5.74, 6) is 0.670. The number of hydrogen-bond donors (Lipinski definition) is 0. The van der Waals surface area contributed by atoms with Gasteiger partial charge in [-0.2, -0.15) is 0 Å². The van der Waals surface area contributed by atoms with E-state index < -0.39 is 0 Å². The molecule has 10 heavy (non-hydrogen) atoms. The summed E-state index contributed by atoms with van der Waals surface area (Å²) in [6, 6.07) is 0. The molecule has 0 saturated heterocycles. The van der Waals surface area contributed by atoms with E-state index in [4.69, 9.17) is 0 Å². The topological polar surface area (TPSA) is 0 Å². The van der Waals surface area contributed by atoms with Crippen molar-refractivity contribution < 1.29 is 0 Å². The van der Waals surface area contributed by atoms with E-state index in [9.17, 15) is 0 Å². The van der Waals surface area contributed by atoms with Gasteiger partial charge in [-0.15, -0.1) is 0 Å². The predicted molar refractivity (Wildman–Crippen MR) is 47.7 cm³/mol. The summed E-state index contributed by atoms with van der Waals surface area (Å²) < 4.78 is 0. The van der Waals surface area contributed by atoms with Gasteiger partial charge in [-0.25, -0.2) is 0 Å². The lowest BCUT2D eigenvalue weighted by Crippen LogP contribution is -2.16. The second-order valence-corrected chi connectivity index (χ2v) is 3.69. The highest BCUT2D eigenvalue weighted by Gasteiger charge is 2.17. The second-order valence-electron chi connectivity index (χ2n) is 3.69. The molecule has 0 spiro atoms. The molecule has 0 aromatic carbocycles. The van der Waals surface area contributed by atoms with Gasteiger partial charge in [-0.1, -0.05) is 32.9 Å². The summed E-state index contributed by atoms with van der Waals surface area (Å²) in [5, 5.41) is 0. The van der Waals surface area contributed by atoms with Crippen LogP contribution in [0.25, 0.3) is 0 Å². The molecule has 0 heteroatoms. The molecule has 0 fully saturated rings.